The van der Waals surface area contributed by atoms with Crippen LogP contribution in [-0.2, 0) is 11.2 Å². The van der Waals surface area contributed by atoms with Crippen molar-refractivity contribution in [2.75, 3.05) is 0 Å². The second kappa shape index (κ2) is 3.04. The second-order valence-corrected chi connectivity index (χ2v) is 3.77. The zero-order valence-electron chi connectivity index (χ0n) is 7.09. The smallest absolute Gasteiger partial charge is 0.224 e. The summed E-state index contributed by atoms with van der Waals surface area (Å²) in [7, 11) is 0. The molecule has 0 unspecified atom stereocenters. The van der Waals surface area contributed by atoms with Gasteiger partial charge >= 0.3 is 0 Å². The number of amides is 1. The molecule has 0 aliphatic heterocycles. The van der Waals surface area contributed by atoms with E-state index in [4.69, 9.17) is 17.3 Å². The molecule has 1 aliphatic carbocycles. The van der Waals surface area contributed by atoms with Crippen LogP contribution in [0.4, 0.5) is 0 Å². The van der Waals surface area contributed by atoms with Gasteiger partial charge in [-0.15, -0.1) is 0 Å². The minimum absolute atomic E-state index is 0.104. The first-order chi connectivity index (χ1) is 6.18. The lowest BCUT2D eigenvalue weighted by Crippen LogP contribution is -2.19. The molecule has 13 heavy (non-hydrogen) atoms. The third-order valence-electron chi connectivity index (χ3n) is 2.53. The highest BCUT2D eigenvalue weighted by Crippen LogP contribution is 2.34. The van der Waals surface area contributed by atoms with Crippen molar-refractivity contribution < 1.29 is 4.79 Å². The van der Waals surface area contributed by atoms with E-state index in [0.29, 0.717) is 0 Å². The van der Waals surface area contributed by atoms with E-state index in [2.05, 4.69) is 0 Å². The average Bonchev–Trinajstić information content (AvgIpc) is 2.46. The molecule has 1 aromatic carbocycles. The summed E-state index contributed by atoms with van der Waals surface area (Å²) in [6.45, 7) is 0. The molecule has 1 aromatic rings. The largest absolute Gasteiger partial charge is 0.369 e. The van der Waals surface area contributed by atoms with Crippen LogP contribution in [0.25, 0.3) is 0 Å². The highest BCUT2D eigenvalue weighted by atomic mass is 35.5. The first-order valence-corrected chi connectivity index (χ1v) is 4.64. The first kappa shape index (κ1) is 8.57. The van der Waals surface area contributed by atoms with Crippen LogP contribution in [0.15, 0.2) is 18.2 Å². The SMILES string of the molecule is NC(=O)[C@@H]1CCc2cc(Cl)ccc21. The van der Waals surface area contributed by atoms with Gasteiger partial charge in [-0.3, -0.25) is 4.79 Å². The van der Waals surface area contributed by atoms with Crippen LogP contribution in [0.1, 0.15) is 23.5 Å². The van der Waals surface area contributed by atoms with Gasteiger partial charge in [0.15, 0.2) is 0 Å². The van der Waals surface area contributed by atoms with E-state index in [0.717, 1.165) is 29.0 Å². The summed E-state index contributed by atoms with van der Waals surface area (Å²) in [5.41, 5.74) is 7.49. The molecule has 0 saturated heterocycles. The Morgan fingerprint density at radius 1 is 1.54 bits per heavy atom. The Kier molecular flexibility index (Phi) is 2.00. The molecule has 3 heteroatoms. The number of halogens is 1. The molecule has 2 N–H and O–H groups in total. The Labute approximate surface area is 81.7 Å². The molecule has 0 heterocycles. The number of rotatable bonds is 1. The van der Waals surface area contributed by atoms with Gasteiger partial charge in [-0.05, 0) is 36.1 Å². The molecule has 2 rings (SSSR count). The molecule has 1 atom stereocenters. The maximum absolute atomic E-state index is 11.0. The zero-order chi connectivity index (χ0) is 9.42. The van der Waals surface area contributed by atoms with Gasteiger partial charge in [0.05, 0.1) is 5.92 Å². The lowest BCUT2D eigenvalue weighted by atomic mass is 10.0. The molecule has 1 amide bonds. The maximum atomic E-state index is 11.0. The lowest BCUT2D eigenvalue weighted by Gasteiger charge is -2.05. The van der Waals surface area contributed by atoms with Crippen LogP contribution >= 0.6 is 11.6 Å². The second-order valence-electron chi connectivity index (χ2n) is 3.34. The van der Waals surface area contributed by atoms with E-state index in [1.54, 1.807) is 0 Å². The molecular formula is C10H10ClNO. The van der Waals surface area contributed by atoms with E-state index < -0.39 is 0 Å². The summed E-state index contributed by atoms with van der Waals surface area (Å²) < 4.78 is 0. The van der Waals surface area contributed by atoms with Gasteiger partial charge in [-0.1, -0.05) is 17.7 Å². The van der Waals surface area contributed by atoms with Crippen molar-refractivity contribution in [2.24, 2.45) is 5.73 Å². The predicted octanol–water partition coefficient (Wildman–Crippen LogP) is 1.86. The van der Waals surface area contributed by atoms with E-state index >= 15 is 0 Å². The van der Waals surface area contributed by atoms with Gasteiger partial charge < -0.3 is 5.73 Å². The predicted molar refractivity (Wildman–Crippen MR) is 51.7 cm³/mol. The Bertz CT molecular complexity index is 362. The number of primary amides is 1. The van der Waals surface area contributed by atoms with E-state index in [1.165, 1.54) is 0 Å². The van der Waals surface area contributed by atoms with Crippen LogP contribution in [0.3, 0.4) is 0 Å². The summed E-state index contributed by atoms with van der Waals surface area (Å²) in [5.74, 6) is -0.340. The Hall–Kier alpha value is -1.02. The van der Waals surface area contributed by atoms with Crippen LogP contribution in [0.5, 0.6) is 0 Å². The van der Waals surface area contributed by atoms with Gasteiger partial charge in [0.25, 0.3) is 0 Å². The number of aryl methyl sites for hydroxylation is 1. The maximum Gasteiger partial charge on any atom is 0.224 e. The molecule has 0 aromatic heterocycles. The summed E-state index contributed by atoms with van der Waals surface area (Å²) in [5, 5.41) is 0.726. The van der Waals surface area contributed by atoms with Gasteiger partial charge in [-0.25, -0.2) is 0 Å². The molecule has 0 radical (unpaired) electrons. The van der Waals surface area contributed by atoms with Crippen molar-refractivity contribution in [3.8, 4) is 0 Å². The van der Waals surface area contributed by atoms with Gasteiger partial charge in [-0.2, -0.15) is 0 Å². The van der Waals surface area contributed by atoms with Crippen molar-refractivity contribution >= 4 is 17.5 Å². The quantitative estimate of drug-likeness (QED) is 0.730. The number of carbonyl (C=O) groups excluding carboxylic acids is 1. The monoisotopic (exact) mass is 195 g/mol. The standard InChI is InChI=1S/C10H10ClNO/c11-7-2-4-8-6(5-7)1-3-9(8)10(12)13/h2,4-5,9H,1,3H2,(H2,12,13)/t9-/m1/s1. The minimum atomic E-state index is -0.235. The summed E-state index contributed by atoms with van der Waals surface area (Å²) in [6, 6.07) is 5.63. The molecular weight excluding hydrogens is 186 g/mol. The Morgan fingerprint density at radius 2 is 2.31 bits per heavy atom. The Balaban J connectivity index is 2.44. The number of hydrogen-bond acceptors (Lipinski definition) is 1. The van der Waals surface area contributed by atoms with Crippen molar-refractivity contribution in [3.63, 3.8) is 0 Å². The fraction of sp³-hybridized carbons (Fsp3) is 0.300. The summed E-state index contributed by atoms with van der Waals surface area (Å²) >= 11 is 5.83. The number of carbonyl (C=O) groups is 1. The van der Waals surface area contributed by atoms with Crippen molar-refractivity contribution in [3.05, 3.63) is 34.3 Å². The molecule has 1 aliphatic rings. The van der Waals surface area contributed by atoms with Crippen LogP contribution in [-0.4, -0.2) is 5.91 Å². The normalized spacial score (nSPS) is 19.9. The van der Waals surface area contributed by atoms with Gasteiger partial charge in [0.1, 0.15) is 0 Å². The van der Waals surface area contributed by atoms with Crippen molar-refractivity contribution in [1.29, 1.82) is 0 Å². The number of hydrogen-bond donors (Lipinski definition) is 1. The lowest BCUT2D eigenvalue weighted by molar-refractivity contribution is -0.119. The third kappa shape index (κ3) is 1.42. The first-order valence-electron chi connectivity index (χ1n) is 4.26. The number of nitrogens with two attached hydrogens (primary N) is 1. The molecule has 68 valence electrons. The molecule has 0 bridgehead atoms. The molecule has 0 fully saturated rings. The van der Waals surface area contributed by atoms with E-state index in [9.17, 15) is 4.79 Å². The molecule has 2 nitrogen and oxygen atoms in total. The highest BCUT2D eigenvalue weighted by Gasteiger charge is 2.26. The minimum Gasteiger partial charge on any atom is -0.369 e. The van der Waals surface area contributed by atoms with E-state index in [-0.39, 0.29) is 11.8 Å². The third-order valence-corrected chi connectivity index (χ3v) is 2.76. The zero-order valence-corrected chi connectivity index (χ0v) is 7.84. The van der Waals surface area contributed by atoms with E-state index in [1.807, 2.05) is 18.2 Å². The number of fused-ring (bicyclic) bond motifs is 1. The van der Waals surface area contributed by atoms with Crippen LogP contribution in [0.2, 0.25) is 5.02 Å². The fourth-order valence-electron chi connectivity index (χ4n) is 1.88. The van der Waals surface area contributed by atoms with Crippen molar-refractivity contribution in [1.82, 2.24) is 0 Å². The molecule has 0 spiro atoms. The molecule has 0 saturated carbocycles. The Morgan fingerprint density at radius 3 is 3.00 bits per heavy atom. The summed E-state index contributed by atoms with van der Waals surface area (Å²) in [4.78, 5) is 11.0. The average molecular weight is 196 g/mol. The topological polar surface area (TPSA) is 43.1 Å². The van der Waals surface area contributed by atoms with Crippen LogP contribution in [0, 0.1) is 0 Å². The fourth-order valence-corrected chi connectivity index (χ4v) is 2.08. The number of benzene rings is 1. The van der Waals surface area contributed by atoms with Gasteiger partial charge in [0.2, 0.25) is 5.91 Å². The van der Waals surface area contributed by atoms with Crippen molar-refractivity contribution in [2.45, 2.75) is 18.8 Å². The summed E-state index contributed by atoms with van der Waals surface area (Å²) in [6.07, 6.45) is 1.73. The highest BCUT2D eigenvalue weighted by molar-refractivity contribution is 6.30. The van der Waals surface area contributed by atoms with Crippen LogP contribution < -0.4 is 5.73 Å². The van der Waals surface area contributed by atoms with Gasteiger partial charge in [0, 0.05) is 5.02 Å².